The molecule has 1 aliphatic heterocycles. The number of Topliss-reactive ketones (excluding diaryl/α,β-unsaturated/α-hetero) is 1. The summed E-state index contributed by atoms with van der Waals surface area (Å²) in [5, 5.41) is 10.5. The van der Waals surface area contributed by atoms with Crippen molar-refractivity contribution in [3.8, 4) is 0 Å². The number of nitrogens with zero attached hydrogens (tertiary/aromatic N) is 1. The first-order valence-corrected chi connectivity index (χ1v) is 6.99. The van der Waals surface area contributed by atoms with E-state index in [1.165, 1.54) is 18.3 Å². The first-order valence-electron chi connectivity index (χ1n) is 6.11. The number of likely N-dealkylation sites (tertiary alicyclic amines) is 1. The van der Waals surface area contributed by atoms with Crippen molar-refractivity contribution < 1.29 is 19.5 Å². The molecular formula is C13H15NO4S. The molecule has 0 bridgehead atoms. The summed E-state index contributed by atoms with van der Waals surface area (Å²) < 4.78 is 0. The topological polar surface area (TPSA) is 74.7 Å². The number of amides is 1. The smallest absolute Gasteiger partial charge is 0.305 e. The van der Waals surface area contributed by atoms with Gasteiger partial charge in [-0.1, -0.05) is 0 Å². The van der Waals surface area contributed by atoms with Crippen LogP contribution in [0.3, 0.4) is 0 Å². The fraction of sp³-hybridized carbons (Fsp3) is 0.462. The summed E-state index contributed by atoms with van der Waals surface area (Å²) in [6, 6.07) is 1.36. The normalized spacial score (nSPS) is 18.6. The number of thiophene rings is 1. The summed E-state index contributed by atoms with van der Waals surface area (Å²) in [6.45, 7) is 2.05. The van der Waals surface area contributed by atoms with Gasteiger partial charge >= 0.3 is 5.97 Å². The Morgan fingerprint density at radius 3 is 2.79 bits per heavy atom. The van der Waals surface area contributed by atoms with Gasteiger partial charge in [0.05, 0.1) is 11.3 Å². The quantitative estimate of drug-likeness (QED) is 0.857. The highest BCUT2D eigenvalue weighted by Gasteiger charge is 2.31. The number of hydrogen-bond donors (Lipinski definition) is 1. The minimum Gasteiger partial charge on any atom is -0.481 e. The standard InChI is InChI=1S/C13H15NO4S/c1-8(15)9-5-11(19-7-9)13(18)14-4-2-3-10(14)6-12(16)17/h5,7,10H,2-4,6H2,1H3,(H,16,17). The second-order valence-corrected chi connectivity index (χ2v) is 5.56. The van der Waals surface area contributed by atoms with Crippen molar-refractivity contribution in [3.63, 3.8) is 0 Å². The van der Waals surface area contributed by atoms with Crippen molar-refractivity contribution in [3.05, 3.63) is 21.9 Å². The molecule has 1 aromatic heterocycles. The molecule has 1 aromatic rings. The molecule has 1 atom stereocenters. The van der Waals surface area contributed by atoms with Gasteiger partial charge in [0.2, 0.25) is 0 Å². The molecule has 1 aliphatic rings. The van der Waals surface area contributed by atoms with E-state index in [0.29, 0.717) is 17.0 Å². The van der Waals surface area contributed by atoms with Crippen LogP contribution in [0.4, 0.5) is 0 Å². The number of carbonyl (C=O) groups excluding carboxylic acids is 2. The number of carbonyl (C=O) groups is 3. The van der Waals surface area contributed by atoms with Crippen LogP contribution in [0.5, 0.6) is 0 Å². The predicted molar refractivity (Wildman–Crippen MR) is 70.6 cm³/mol. The highest BCUT2D eigenvalue weighted by Crippen LogP contribution is 2.25. The Bertz CT molecular complexity index is 522. The lowest BCUT2D eigenvalue weighted by Crippen LogP contribution is -2.36. The van der Waals surface area contributed by atoms with Crippen molar-refractivity contribution in [2.45, 2.75) is 32.2 Å². The molecule has 0 aliphatic carbocycles. The van der Waals surface area contributed by atoms with E-state index in [1.807, 2.05) is 0 Å². The number of rotatable bonds is 4. The van der Waals surface area contributed by atoms with Crippen molar-refractivity contribution in [2.24, 2.45) is 0 Å². The van der Waals surface area contributed by atoms with E-state index in [9.17, 15) is 14.4 Å². The minimum absolute atomic E-state index is 0.0172. The lowest BCUT2D eigenvalue weighted by molar-refractivity contribution is -0.137. The summed E-state index contributed by atoms with van der Waals surface area (Å²) in [6.07, 6.45) is 1.54. The van der Waals surface area contributed by atoms with Gasteiger partial charge in [-0.05, 0) is 25.8 Å². The van der Waals surface area contributed by atoms with Gasteiger partial charge in [0.25, 0.3) is 5.91 Å². The molecule has 102 valence electrons. The Hall–Kier alpha value is -1.69. The van der Waals surface area contributed by atoms with E-state index in [2.05, 4.69) is 0 Å². The molecule has 0 radical (unpaired) electrons. The Labute approximate surface area is 114 Å². The van der Waals surface area contributed by atoms with Crippen molar-refractivity contribution in [1.82, 2.24) is 4.90 Å². The van der Waals surface area contributed by atoms with Gasteiger partial charge in [0, 0.05) is 23.5 Å². The zero-order valence-corrected chi connectivity index (χ0v) is 11.4. The Balaban J connectivity index is 2.13. The third kappa shape index (κ3) is 3.01. The third-order valence-corrected chi connectivity index (χ3v) is 4.18. The van der Waals surface area contributed by atoms with E-state index < -0.39 is 5.97 Å². The zero-order chi connectivity index (χ0) is 14.0. The van der Waals surface area contributed by atoms with Gasteiger partial charge in [-0.25, -0.2) is 0 Å². The first-order chi connectivity index (χ1) is 8.99. The number of carboxylic acids is 1. The highest BCUT2D eigenvalue weighted by molar-refractivity contribution is 7.12. The monoisotopic (exact) mass is 281 g/mol. The van der Waals surface area contributed by atoms with Crippen LogP contribution in [0.1, 0.15) is 46.2 Å². The SMILES string of the molecule is CC(=O)c1csc(C(=O)N2CCCC2CC(=O)O)c1. The second kappa shape index (κ2) is 5.52. The molecule has 5 nitrogen and oxygen atoms in total. The molecule has 2 heterocycles. The van der Waals surface area contributed by atoms with Crippen LogP contribution in [0.2, 0.25) is 0 Å². The van der Waals surface area contributed by atoms with Crippen LogP contribution in [-0.4, -0.2) is 40.3 Å². The van der Waals surface area contributed by atoms with Crippen LogP contribution in [0.15, 0.2) is 11.4 Å². The average molecular weight is 281 g/mol. The Kier molecular flexibility index (Phi) is 3.99. The maximum atomic E-state index is 12.3. The number of carboxylic acid groups (broad SMARTS) is 1. The fourth-order valence-electron chi connectivity index (χ4n) is 2.29. The summed E-state index contributed by atoms with van der Waals surface area (Å²) in [4.78, 5) is 36.4. The van der Waals surface area contributed by atoms with E-state index in [4.69, 9.17) is 5.11 Å². The molecular weight excluding hydrogens is 266 g/mol. The van der Waals surface area contributed by atoms with Gasteiger partial charge in [0.15, 0.2) is 5.78 Å². The number of hydrogen-bond acceptors (Lipinski definition) is 4. The Morgan fingerprint density at radius 2 is 2.21 bits per heavy atom. The lowest BCUT2D eigenvalue weighted by atomic mass is 10.1. The molecule has 6 heteroatoms. The molecule has 19 heavy (non-hydrogen) atoms. The summed E-state index contributed by atoms with van der Waals surface area (Å²) in [5.41, 5.74) is 0.530. The Morgan fingerprint density at radius 1 is 1.47 bits per heavy atom. The second-order valence-electron chi connectivity index (χ2n) is 4.65. The van der Waals surface area contributed by atoms with Crippen LogP contribution in [0.25, 0.3) is 0 Å². The lowest BCUT2D eigenvalue weighted by Gasteiger charge is -2.22. The molecule has 1 amide bonds. The molecule has 0 spiro atoms. The van der Waals surface area contributed by atoms with Gasteiger partial charge in [-0.2, -0.15) is 0 Å². The van der Waals surface area contributed by atoms with Crippen molar-refractivity contribution >= 4 is 29.0 Å². The molecule has 1 fully saturated rings. The van der Waals surface area contributed by atoms with Crippen LogP contribution < -0.4 is 0 Å². The van der Waals surface area contributed by atoms with Gasteiger partial charge in [0.1, 0.15) is 0 Å². The number of aliphatic carboxylic acids is 1. The predicted octanol–water partition coefficient (Wildman–Crippen LogP) is 2.03. The number of ketones is 1. The molecule has 0 aromatic carbocycles. The maximum absolute atomic E-state index is 12.3. The summed E-state index contributed by atoms with van der Waals surface area (Å²) in [7, 11) is 0. The maximum Gasteiger partial charge on any atom is 0.305 e. The van der Waals surface area contributed by atoms with Gasteiger partial charge in [-0.3, -0.25) is 14.4 Å². The van der Waals surface area contributed by atoms with Crippen molar-refractivity contribution in [1.29, 1.82) is 0 Å². The molecule has 1 saturated heterocycles. The summed E-state index contributed by atoms with van der Waals surface area (Å²) >= 11 is 1.23. The van der Waals surface area contributed by atoms with E-state index in [0.717, 1.165) is 12.8 Å². The molecule has 0 saturated carbocycles. The third-order valence-electron chi connectivity index (χ3n) is 3.27. The molecule has 1 unspecified atom stereocenters. The first kappa shape index (κ1) is 13.7. The fourth-order valence-corrected chi connectivity index (χ4v) is 3.19. The molecule has 2 rings (SSSR count). The van der Waals surface area contributed by atoms with Crippen LogP contribution >= 0.6 is 11.3 Å². The van der Waals surface area contributed by atoms with Gasteiger partial charge < -0.3 is 10.0 Å². The van der Waals surface area contributed by atoms with E-state index in [-0.39, 0.29) is 24.2 Å². The highest BCUT2D eigenvalue weighted by atomic mass is 32.1. The largest absolute Gasteiger partial charge is 0.481 e. The van der Waals surface area contributed by atoms with Crippen LogP contribution in [0, 0.1) is 0 Å². The average Bonchev–Trinajstić information content (AvgIpc) is 2.95. The zero-order valence-electron chi connectivity index (χ0n) is 10.6. The van der Waals surface area contributed by atoms with E-state index >= 15 is 0 Å². The van der Waals surface area contributed by atoms with Crippen molar-refractivity contribution in [2.75, 3.05) is 6.54 Å². The van der Waals surface area contributed by atoms with Crippen LogP contribution in [-0.2, 0) is 4.79 Å². The minimum atomic E-state index is -0.889. The summed E-state index contributed by atoms with van der Waals surface area (Å²) in [5.74, 6) is -1.12. The van der Waals surface area contributed by atoms with Gasteiger partial charge in [-0.15, -0.1) is 11.3 Å². The molecule has 1 N–H and O–H groups in total. The van der Waals surface area contributed by atoms with E-state index in [1.54, 1.807) is 16.3 Å².